The molecular weight excluding hydrogens is 251 g/mol. The Balaban J connectivity index is 2.95. The van der Waals surface area contributed by atoms with Crippen LogP contribution >= 0.6 is 22.6 Å². The Morgan fingerprint density at radius 2 is 2.36 bits per heavy atom. The van der Waals surface area contributed by atoms with Crippen LogP contribution in [0.15, 0.2) is 31.1 Å². The van der Waals surface area contributed by atoms with Crippen molar-refractivity contribution in [2.75, 3.05) is 0 Å². The lowest BCUT2D eigenvalue weighted by atomic mass is 10.1. The fourth-order valence-corrected chi connectivity index (χ4v) is 1.27. The molecule has 1 unspecified atom stereocenters. The van der Waals surface area contributed by atoms with Crippen molar-refractivity contribution in [3.05, 3.63) is 40.2 Å². The van der Waals surface area contributed by atoms with Crippen molar-refractivity contribution >= 4 is 22.6 Å². The zero-order valence-corrected chi connectivity index (χ0v) is 8.15. The zero-order valence-electron chi connectivity index (χ0n) is 6.00. The summed E-state index contributed by atoms with van der Waals surface area (Å²) in [6, 6.07) is 1.90. The van der Waals surface area contributed by atoms with Gasteiger partial charge in [0.05, 0.1) is 0 Å². The maximum Gasteiger partial charge on any atom is 0.0494 e. The van der Waals surface area contributed by atoms with E-state index in [9.17, 15) is 0 Å². The molecule has 1 rings (SSSR count). The van der Waals surface area contributed by atoms with E-state index in [1.165, 1.54) is 0 Å². The van der Waals surface area contributed by atoms with Gasteiger partial charge in [0.1, 0.15) is 0 Å². The average Bonchev–Trinajstić information content (AvgIpc) is 2.03. The van der Waals surface area contributed by atoms with E-state index in [4.69, 9.17) is 5.73 Å². The summed E-state index contributed by atoms with van der Waals surface area (Å²) in [7, 11) is 0. The van der Waals surface area contributed by atoms with E-state index < -0.39 is 0 Å². The van der Waals surface area contributed by atoms with Crippen molar-refractivity contribution in [1.82, 2.24) is 4.98 Å². The molecule has 58 valence electrons. The smallest absolute Gasteiger partial charge is 0.0494 e. The highest BCUT2D eigenvalue weighted by molar-refractivity contribution is 14.1. The molecule has 0 fully saturated rings. The highest BCUT2D eigenvalue weighted by Crippen LogP contribution is 2.12. The lowest BCUT2D eigenvalue weighted by Crippen LogP contribution is -2.06. The van der Waals surface area contributed by atoms with E-state index >= 15 is 0 Å². The van der Waals surface area contributed by atoms with Crippen LogP contribution < -0.4 is 5.73 Å². The van der Waals surface area contributed by atoms with Gasteiger partial charge in [0.2, 0.25) is 0 Å². The van der Waals surface area contributed by atoms with Crippen LogP contribution in [0.3, 0.4) is 0 Å². The molecule has 0 radical (unpaired) electrons. The molecule has 0 saturated carbocycles. The van der Waals surface area contributed by atoms with Gasteiger partial charge in [-0.25, -0.2) is 0 Å². The molecule has 0 saturated heterocycles. The van der Waals surface area contributed by atoms with Gasteiger partial charge in [0.25, 0.3) is 0 Å². The molecular formula is C8H9IN2. The molecule has 0 amide bonds. The number of nitrogens with two attached hydrogens (primary N) is 1. The predicted molar refractivity (Wildman–Crippen MR) is 54.1 cm³/mol. The normalized spacial score (nSPS) is 12.5. The van der Waals surface area contributed by atoms with Gasteiger partial charge in [-0.2, -0.15) is 0 Å². The van der Waals surface area contributed by atoms with Crippen molar-refractivity contribution < 1.29 is 0 Å². The van der Waals surface area contributed by atoms with Crippen LogP contribution in [0, 0.1) is 3.57 Å². The predicted octanol–water partition coefficient (Wildman–Crippen LogP) is 1.87. The summed E-state index contributed by atoms with van der Waals surface area (Å²) in [4.78, 5) is 4.02. The maximum atomic E-state index is 5.70. The minimum atomic E-state index is -0.0998. The first-order chi connectivity index (χ1) is 5.24. The lowest BCUT2D eigenvalue weighted by molar-refractivity contribution is 0.902. The third kappa shape index (κ3) is 2.27. The Bertz CT molecular complexity index is 260. The number of halogens is 1. The van der Waals surface area contributed by atoms with Gasteiger partial charge in [0, 0.05) is 22.0 Å². The second-order valence-electron chi connectivity index (χ2n) is 2.20. The molecule has 2 N–H and O–H groups in total. The highest BCUT2D eigenvalue weighted by atomic mass is 127. The Morgan fingerprint density at radius 3 is 2.91 bits per heavy atom. The molecule has 1 heterocycles. The molecule has 2 nitrogen and oxygen atoms in total. The number of rotatable bonds is 2. The summed E-state index contributed by atoms with van der Waals surface area (Å²) in [5.41, 5.74) is 6.71. The standard InChI is InChI=1S/C8H9IN2/c1-2-8(10)6-3-7(9)5-11-4-6/h2-5,8H,1,10H2. The van der Waals surface area contributed by atoms with Crippen LogP contribution in [0.1, 0.15) is 11.6 Å². The third-order valence-electron chi connectivity index (χ3n) is 1.36. The van der Waals surface area contributed by atoms with E-state index in [2.05, 4.69) is 34.2 Å². The van der Waals surface area contributed by atoms with Gasteiger partial charge in [0.15, 0.2) is 0 Å². The summed E-state index contributed by atoms with van der Waals surface area (Å²) in [5.74, 6) is 0. The molecule has 0 aliphatic heterocycles. The van der Waals surface area contributed by atoms with Gasteiger partial charge < -0.3 is 5.73 Å². The molecule has 0 aliphatic carbocycles. The van der Waals surface area contributed by atoms with Crippen LogP contribution in [-0.4, -0.2) is 4.98 Å². The van der Waals surface area contributed by atoms with Crippen molar-refractivity contribution in [2.24, 2.45) is 5.73 Å². The largest absolute Gasteiger partial charge is 0.321 e. The first-order valence-corrected chi connectivity index (χ1v) is 4.30. The first-order valence-electron chi connectivity index (χ1n) is 3.22. The maximum absolute atomic E-state index is 5.70. The number of aromatic nitrogens is 1. The Labute approximate surface area is 79.7 Å². The third-order valence-corrected chi connectivity index (χ3v) is 1.95. The van der Waals surface area contributed by atoms with Crippen LogP contribution in [0.2, 0.25) is 0 Å². The monoisotopic (exact) mass is 260 g/mol. The molecule has 1 atom stereocenters. The van der Waals surface area contributed by atoms with Gasteiger partial charge in [-0.15, -0.1) is 6.58 Å². The van der Waals surface area contributed by atoms with Crippen molar-refractivity contribution in [3.8, 4) is 0 Å². The minimum Gasteiger partial charge on any atom is -0.321 e. The van der Waals surface area contributed by atoms with Gasteiger partial charge in [-0.1, -0.05) is 6.08 Å². The van der Waals surface area contributed by atoms with E-state index in [1.54, 1.807) is 18.5 Å². The topological polar surface area (TPSA) is 38.9 Å². The first kappa shape index (κ1) is 8.67. The Hall–Kier alpha value is -0.420. The van der Waals surface area contributed by atoms with Crippen molar-refractivity contribution in [1.29, 1.82) is 0 Å². The Morgan fingerprint density at radius 1 is 1.64 bits per heavy atom. The van der Waals surface area contributed by atoms with Crippen LogP contribution in [-0.2, 0) is 0 Å². The summed E-state index contributed by atoms with van der Waals surface area (Å²) in [5, 5.41) is 0. The van der Waals surface area contributed by atoms with Gasteiger partial charge >= 0.3 is 0 Å². The minimum absolute atomic E-state index is 0.0998. The molecule has 1 aromatic heterocycles. The molecule has 11 heavy (non-hydrogen) atoms. The molecule has 3 heteroatoms. The second-order valence-corrected chi connectivity index (χ2v) is 3.44. The summed E-state index contributed by atoms with van der Waals surface area (Å²) < 4.78 is 1.09. The fourth-order valence-electron chi connectivity index (χ4n) is 0.747. The number of hydrogen-bond acceptors (Lipinski definition) is 2. The van der Waals surface area contributed by atoms with E-state index in [1.807, 2.05) is 6.07 Å². The Kier molecular flexibility index (Phi) is 3.02. The lowest BCUT2D eigenvalue weighted by Gasteiger charge is -2.04. The molecule has 1 aromatic rings. The summed E-state index contributed by atoms with van der Waals surface area (Å²) in [6.07, 6.45) is 5.25. The summed E-state index contributed by atoms with van der Waals surface area (Å²) in [6.45, 7) is 3.61. The van der Waals surface area contributed by atoms with E-state index in [0.717, 1.165) is 9.13 Å². The second kappa shape index (κ2) is 3.82. The van der Waals surface area contributed by atoms with Crippen LogP contribution in [0.4, 0.5) is 0 Å². The van der Waals surface area contributed by atoms with Crippen molar-refractivity contribution in [3.63, 3.8) is 0 Å². The van der Waals surface area contributed by atoms with Crippen LogP contribution in [0.5, 0.6) is 0 Å². The SMILES string of the molecule is C=CC(N)c1cncc(I)c1. The highest BCUT2D eigenvalue weighted by Gasteiger charge is 2.00. The van der Waals surface area contributed by atoms with Crippen molar-refractivity contribution in [2.45, 2.75) is 6.04 Å². The zero-order chi connectivity index (χ0) is 8.27. The van der Waals surface area contributed by atoms with Gasteiger partial charge in [-0.3, -0.25) is 4.98 Å². The molecule has 0 aliphatic rings. The molecule has 0 aromatic carbocycles. The van der Waals surface area contributed by atoms with Gasteiger partial charge in [-0.05, 0) is 34.2 Å². The number of hydrogen-bond donors (Lipinski definition) is 1. The average molecular weight is 260 g/mol. The molecule has 0 spiro atoms. The number of nitrogens with zero attached hydrogens (tertiary/aromatic N) is 1. The number of pyridine rings is 1. The van der Waals surface area contributed by atoms with Crippen LogP contribution in [0.25, 0.3) is 0 Å². The summed E-state index contributed by atoms with van der Waals surface area (Å²) >= 11 is 2.20. The van der Waals surface area contributed by atoms with E-state index in [-0.39, 0.29) is 6.04 Å². The molecule has 0 bridgehead atoms. The quantitative estimate of drug-likeness (QED) is 0.651. The fraction of sp³-hybridized carbons (Fsp3) is 0.125. The van der Waals surface area contributed by atoms with E-state index in [0.29, 0.717) is 0 Å².